The molecule has 1 aromatic carbocycles. The molecule has 0 aliphatic carbocycles. The molecule has 102 valence electrons. The van der Waals surface area contributed by atoms with Crippen molar-refractivity contribution in [3.8, 4) is 0 Å². The van der Waals surface area contributed by atoms with Crippen LogP contribution < -0.4 is 0 Å². The van der Waals surface area contributed by atoms with E-state index in [1.54, 1.807) is 39.0 Å². The van der Waals surface area contributed by atoms with Crippen LogP contribution in [0.1, 0.15) is 57.6 Å². The van der Waals surface area contributed by atoms with Crippen molar-refractivity contribution >= 4 is 0 Å². The highest BCUT2D eigenvalue weighted by Gasteiger charge is 2.47. The number of hydrogen-bond acceptors (Lipinski definition) is 0. The van der Waals surface area contributed by atoms with Gasteiger partial charge in [0.1, 0.15) is 0 Å². The normalized spacial score (nSPS) is 14.9. The molecule has 0 aliphatic heterocycles. The molecule has 1 rings (SSSR count). The van der Waals surface area contributed by atoms with Gasteiger partial charge in [-0.2, -0.15) is 13.2 Å². The number of rotatable bonds is 2. The van der Waals surface area contributed by atoms with Crippen molar-refractivity contribution in [3.05, 3.63) is 35.4 Å². The molecule has 0 aliphatic rings. The van der Waals surface area contributed by atoms with E-state index in [2.05, 4.69) is 0 Å². The fourth-order valence-corrected chi connectivity index (χ4v) is 2.28. The Morgan fingerprint density at radius 2 is 1.44 bits per heavy atom. The fourth-order valence-electron chi connectivity index (χ4n) is 2.28. The molecule has 0 nitrogen and oxygen atoms in total. The summed E-state index contributed by atoms with van der Waals surface area (Å²) in [6.45, 7) is 8.87. The van der Waals surface area contributed by atoms with E-state index in [1.165, 1.54) is 0 Å². The van der Waals surface area contributed by atoms with Gasteiger partial charge < -0.3 is 0 Å². The Labute approximate surface area is 107 Å². The van der Waals surface area contributed by atoms with E-state index in [4.69, 9.17) is 0 Å². The van der Waals surface area contributed by atoms with E-state index in [0.717, 1.165) is 5.56 Å². The molecule has 0 saturated carbocycles. The van der Waals surface area contributed by atoms with Crippen LogP contribution in [0, 0.1) is 5.41 Å². The summed E-state index contributed by atoms with van der Waals surface area (Å²) in [4.78, 5) is 0. The highest BCUT2D eigenvalue weighted by atomic mass is 19.4. The minimum absolute atomic E-state index is 0.235. The Kier molecular flexibility index (Phi) is 4.14. The van der Waals surface area contributed by atoms with Gasteiger partial charge in [0, 0.05) is 0 Å². The lowest BCUT2D eigenvalue weighted by Gasteiger charge is -2.33. The summed E-state index contributed by atoms with van der Waals surface area (Å²) in [5, 5.41) is 0. The topological polar surface area (TPSA) is 0 Å². The van der Waals surface area contributed by atoms with Crippen molar-refractivity contribution in [1.82, 2.24) is 0 Å². The Balaban J connectivity index is 3.27. The van der Waals surface area contributed by atoms with Gasteiger partial charge in [-0.1, -0.05) is 58.9 Å². The summed E-state index contributed by atoms with van der Waals surface area (Å²) in [5.41, 5.74) is 0.473. The van der Waals surface area contributed by atoms with E-state index in [9.17, 15) is 13.2 Å². The Morgan fingerprint density at radius 3 is 1.83 bits per heavy atom. The van der Waals surface area contributed by atoms with Crippen LogP contribution >= 0.6 is 0 Å². The lowest BCUT2D eigenvalue weighted by atomic mass is 9.75. The van der Waals surface area contributed by atoms with Gasteiger partial charge in [0.2, 0.25) is 0 Å². The third kappa shape index (κ3) is 3.50. The van der Waals surface area contributed by atoms with Crippen molar-refractivity contribution < 1.29 is 13.2 Å². The lowest BCUT2D eigenvalue weighted by Crippen LogP contribution is -2.32. The highest BCUT2D eigenvalue weighted by Crippen LogP contribution is 2.47. The average Bonchev–Trinajstić information content (AvgIpc) is 2.13. The minimum Gasteiger partial charge on any atom is -0.170 e. The largest absolute Gasteiger partial charge is 0.396 e. The van der Waals surface area contributed by atoms with Crippen LogP contribution in [0.25, 0.3) is 0 Å². The van der Waals surface area contributed by atoms with Crippen LogP contribution in [-0.2, 0) is 0 Å². The number of alkyl halides is 3. The Morgan fingerprint density at radius 1 is 0.944 bits per heavy atom. The van der Waals surface area contributed by atoms with Crippen LogP contribution in [0.5, 0.6) is 0 Å². The van der Waals surface area contributed by atoms with Crippen LogP contribution in [0.3, 0.4) is 0 Å². The molecule has 0 N–H and O–H groups in total. The first kappa shape index (κ1) is 15.1. The molecule has 0 bridgehead atoms. The van der Waals surface area contributed by atoms with E-state index in [1.807, 2.05) is 19.9 Å². The first-order chi connectivity index (χ1) is 8.03. The molecular weight excluding hydrogens is 237 g/mol. The standard InChI is InChI=1S/C15H21F3/c1-10(2)11-7-6-8-12(9-11)13(14(3,4)5)15(16,17)18/h6-10,13H,1-5H3/t13-/m0/s1. The molecule has 0 radical (unpaired) electrons. The summed E-state index contributed by atoms with van der Waals surface area (Å²) in [6.07, 6.45) is -4.21. The zero-order valence-electron chi connectivity index (χ0n) is 11.6. The number of halogens is 3. The lowest BCUT2D eigenvalue weighted by molar-refractivity contribution is -0.171. The van der Waals surface area contributed by atoms with E-state index < -0.39 is 17.5 Å². The second kappa shape index (κ2) is 4.94. The first-order valence-corrected chi connectivity index (χ1v) is 6.20. The molecule has 0 spiro atoms. The van der Waals surface area contributed by atoms with Crippen LogP contribution in [-0.4, -0.2) is 6.18 Å². The molecule has 1 atom stereocenters. The maximum absolute atomic E-state index is 13.2. The summed E-state index contributed by atoms with van der Waals surface area (Å²) in [6, 6.07) is 6.86. The van der Waals surface area contributed by atoms with Gasteiger partial charge in [-0.25, -0.2) is 0 Å². The van der Waals surface area contributed by atoms with Crippen LogP contribution in [0.4, 0.5) is 13.2 Å². The quantitative estimate of drug-likeness (QED) is 0.657. The number of benzene rings is 1. The third-order valence-corrected chi connectivity index (χ3v) is 3.10. The smallest absolute Gasteiger partial charge is 0.170 e. The van der Waals surface area contributed by atoms with Gasteiger partial charge in [-0.3, -0.25) is 0 Å². The van der Waals surface area contributed by atoms with Crippen molar-refractivity contribution in [1.29, 1.82) is 0 Å². The molecule has 0 unspecified atom stereocenters. The highest BCUT2D eigenvalue weighted by molar-refractivity contribution is 5.30. The molecule has 3 heteroatoms. The third-order valence-electron chi connectivity index (χ3n) is 3.10. The summed E-state index contributed by atoms with van der Waals surface area (Å²) in [5.74, 6) is -1.19. The zero-order valence-corrected chi connectivity index (χ0v) is 11.6. The maximum Gasteiger partial charge on any atom is 0.396 e. The molecule has 0 saturated heterocycles. The second-order valence-electron chi connectivity index (χ2n) is 6.17. The van der Waals surface area contributed by atoms with E-state index in [0.29, 0.717) is 5.56 Å². The predicted octanol–water partition coefficient (Wildman–Crippen LogP) is 5.50. The fraction of sp³-hybridized carbons (Fsp3) is 0.600. The zero-order chi connectivity index (χ0) is 14.1. The molecule has 0 fully saturated rings. The Bertz CT molecular complexity index is 383. The van der Waals surface area contributed by atoms with Gasteiger partial charge in [0.05, 0.1) is 5.92 Å². The van der Waals surface area contributed by atoms with Crippen molar-refractivity contribution in [2.45, 2.75) is 52.6 Å². The van der Waals surface area contributed by atoms with Crippen LogP contribution in [0.2, 0.25) is 0 Å². The first-order valence-electron chi connectivity index (χ1n) is 6.20. The molecular formula is C15H21F3. The SMILES string of the molecule is CC(C)c1cccc([C@@H](C(C)(C)C)C(F)(F)F)c1. The van der Waals surface area contributed by atoms with Crippen molar-refractivity contribution in [2.24, 2.45) is 5.41 Å². The predicted molar refractivity (Wildman–Crippen MR) is 68.8 cm³/mol. The summed E-state index contributed by atoms with van der Waals surface area (Å²) < 4.78 is 39.7. The van der Waals surface area contributed by atoms with Crippen molar-refractivity contribution in [3.63, 3.8) is 0 Å². The summed E-state index contributed by atoms with van der Waals surface area (Å²) >= 11 is 0. The van der Waals surface area contributed by atoms with Crippen LogP contribution in [0.15, 0.2) is 24.3 Å². The molecule has 0 amide bonds. The van der Waals surface area contributed by atoms with Gasteiger partial charge in [0.25, 0.3) is 0 Å². The van der Waals surface area contributed by atoms with Gasteiger partial charge in [0.15, 0.2) is 0 Å². The van der Waals surface area contributed by atoms with Crippen molar-refractivity contribution in [2.75, 3.05) is 0 Å². The van der Waals surface area contributed by atoms with Gasteiger partial charge in [-0.05, 0) is 22.5 Å². The molecule has 0 aromatic heterocycles. The monoisotopic (exact) mass is 258 g/mol. The molecule has 18 heavy (non-hydrogen) atoms. The van der Waals surface area contributed by atoms with Gasteiger partial charge >= 0.3 is 6.18 Å². The average molecular weight is 258 g/mol. The van der Waals surface area contributed by atoms with E-state index >= 15 is 0 Å². The Hall–Kier alpha value is -0.990. The summed E-state index contributed by atoms with van der Waals surface area (Å²) in [7, 11) is 0. The molecule has 1 aromatic rings. The van der Waals surface area contributed by atoms with E-state index in [-0.39, 0.29) is 5.92 Å². The number of hydrogen-bond donors (Lipinski definition) is 0. The van der Waals surface area contributed by atoms with Gasteiger partial charge in [-0.15, -0.1) is 0 Å². The molecule has 0 heterocycles. The maximum atomic E-state index is 13.2. The minimum atomic E-state index is -4.21. The second-order valence-corrected chi connectivity index (χ2v) is 6.17.